The molecule has 4 heterocycles. The van der Waals surface area contributed by atoms with Crippen molar-refractivity contribution in [2.45, 2.75) is 41.5 Å². The van der Waals surface area contributed by atoms with Crippen LogP contribution in [0.15, 0.2) is 116 Å². The molecule has 9 rings (SSSR count). The van der Waals surface area contributed by atoms with Gasteiger partial charge < -0.3 is 19.8 Å². The molecule has 2 aromatic heterocycles. The molecule has 0 spiro atoms. The first-order chi connectivity index (χ1) is 24.8. The van der Waals surface area contributed by atoms with Gasteiger partial charge in [0.15, 0.2) is 0 Å². The summed E-state index contributed by atoms with van der Waals surface area (Å²) >= 11 is 0. The molecule has 52 heavy (non-hydrogen) atoms. The second-order valence-corrected chi connectivity index (χ2v) is 14.1. The number of rotatable bonds is 4. The SMILES string of the molecule is Cc1ccnc(-c2[c-]c3c(cc2)N(c2c(C)cccc2C)c2cccc4c2B3c2[c-]c(-c3cc(C)ccn3)ccc2N4c2c(C)cccc2C)c1.[Pt+2]. The third kappa shape index (κ3) is 5.33. The molecule has 2 aliphatic rings. The summed E-state index contributed by atoms with van der Waals surface area (Å²) in [5.41, 5.74) is 21.5. The fraction of sp³-hybridized carbons (Fsp3) is 0.130. The van der Waals surface area contributed by atoms with Crippen LogP contribution in [0.4, 0.5) is 34.1 Å². The van der Waals surface area contributed by atoms with Crippen molar-refractivity contribution in [1.29, 1.82) is 0 Å². The van der Waals surface area contributed by atoms with Crippen LogP contribution < -0.4 is 26.2 Å². The number of aryl methyl sites for hydroxylation is 6. The van der Waals surface area contributed by atoms with E-state index in [0.717, 1.165) is 44.8 Å². The Kier molecular flexibility index (Phi) is 8.51. The van der Waals surface area contributed by atoms with Crippen molar-refractivity contribution < 1.29 is 21.1 Å². The topological polar surface area (TPSA) is 32.3 Å². The van der Waals surface area contributed by atoms with Crippen molar-refractivity contribution in [3.8, 4) is 22.5 Å². The van der Waals surface area contributed by atoms with Gasteiger partial charge in [-0.2, -0.15) is 0 Å². The van der Waals surface area contributed by atoms with Crippen LogP contribution in [0.5, 0.6) is 0 Å². The van der Waals surface area contributed by atoms with E-state index < -0.39 is 0 Å². The van der Waals surface area contributed by atoms with Crippen molar-refractivity contribution >= 4 is 57.2 Å². The van der Waals surface area contributed by atoms with E-state index in [9.17, 15) is 0 Å². The fourth-order valence-corrected chi connectivity index (χ4v) is 8.22. The first-order valence-electron chi connectivity index (χ1n) is 17.6. The second kappa shape index (κ2) is 13.1. The summed E-state index contributed by atoms with van der Waals surface area (Å²) < 4.78 is 0. The maximum Gasteiger partial charge on any atom is 2.00 e. The molecule has 254 valence electrons. The summed E-state index contributed by atoms with van der Waals surface area (Å²) in [6.45, 7) is 13.0. The van der Waals surface area contributed by atoms with E-state index in [4.69, 9.17) is 9.97 Å². The van der Waals surface area contributed by atoms with Gasteiger partial charge in [-0.3, -0.25) is 0 Å². The van der Waals surface area contributed by atoms with Crippen molar-refractivity contribution in [1.82, 2.24) is 9.97 Å². The molecule has 0 amide bonds. The Morgan fingerprint density at radius 2 is 0.885 bits per heavy atom. The number of nitrogens with zero attached hydrogens (tertiary/aromatic N) is 4. The zero-order valence-electron chi connectivity index (χ0n) is 30.2. The second-order valence-electron chi connectivity index (χ2n) is 14.1. The summed E-state index contributed by atoms with van der Waals surface area (Å²) in [6.07, 6.45) is 3.78. The van der Waals surface area contributed by atoms with Gasteiger partial charge in [-0.1, -0.05) is 65.7 Å². The van der Waals surface area contributed by atoms with Crippen LogP contribution in [0.1, 0.15) is 33.4 Å². The van der Waals surface area contributed by atoms with Crippen LogP contribution in [-0.2, 0) is 21.1 Å². The van der Waals surface area contributed by atoms with E-state index in [2.05, 4.69) is 154 Å². The quantitative estimate of drug-likeness (QED) is 0.131. The largest absolute Gasteiger partial charge is 2.00 e. The van der Waals surface area contributed by atoms with Gasteiger partial charge in [0, 0.05) is 35.1 Å². The first kappa shape index (κ1) is 33.9. The van der Waals surface area contributed by atoms with Crippen molar-refractivity contribution in [2.75, 3.05) is 9.80 Å². The molecular weight excluding hydrogens is 814 g/mol. The van der Waals surface area contributed by atoms with E-state index in [-0.39, 0.29) is 27.8 Å². The van der Waals surface area contributed by atoms with E-state index in [1.165, 1.54) is 61.6 Å². The third-order valence-electron chi connectivity index (χ3n) is 10.5. The van der Waals surface area contributed by atoms with Gasteiger partial charge >= 0.3 is 21.1 Å². The van der Waals surface area contributed by atoms with Crippen LogP contribution in [0.3, 0.4) is 0 Å². The molecule has 0 bridgehead atoms. The van der Waals surface area contributed by atoms with Gasteiger partial charge in [0.1, 0.15) is 0 Å². The Hall–Kier alpha value is -5.25. The minimum Gasteiger partial charge on any atom is -0.352 e. The molecule has 5 aromatic carbocycles. The summed E-state index contributed by atoms with van der Waals surface area (Å²) in [4.78, 5) is 14.5. The van der Waals surface area contributed by atoms with Gasteiger partial charge in [0.25, 0.3) is 0 Å². The molecule has 0 atom stereocenters. The van der Waals surface area contributed by atoms with Crippen LogP contribution in [-0.4, -0.2) is 16.7 Å². The number of fused-ring (bicyclic) bond motifs is 4. The van der Waals surface area contributed by atoms with Crippen LogP contribution in [0.2, 0.25) is 0 Å². The average molecular weight is 852 g/mol. The molecule has 2 aliphatic heterocycles. The molecule has 6 heteroatoms. The van der Waals surface area contributed by atoms with E-state index in [0.29, 0.717) is 0 Å². The predicted octanol–water partition coefficient (Wildman–Crippen LogP) is 9.34. The third-order valence-corrected chi connectivity index (χ3v) is 10.5. The summed E-state index contributed by atoms with van der Waals surface area (Å²) in [6, 6.07) is 45.2. The van der Waals surface area contributed by atoms with Crippen LogP contribution >= 0.6 is 0 Å². The molecule has 0 aliphatic carbocycles. The fourth-order valence-electron chi connectivity index (χ4n) is 8.22. The summed E-state index contributed by atoms with van der Waals surface area (Å²) in [7, 11) is 0. The van der Waals surface area contributed by atoms with Crippen molar-refractivity contribution in [3.05, 3.63) is 161 Å². The van der Waals surface area contributed by atoms with E-state index in [1.54, 1.807) is 0 Å². The Balaban J connectivity index is 0.00000387. The Bertz CT molecular complexity index is 2330. The molecular formula is C46H37BN4Pt. The predicted molar refractivity (Wildman–Crippen MR) is 213 cm³/mol. The summed E-state index contributed by atoms with van der Waals surface area (Å²) in [5, 5.41) is 0. The average Bonchev–Trinajstić information content (AvgIpc) is 3.12. The zero-order chi connectivity index (χ0) is 35.0. The number of para-hydroxylation sites is 2. The van der Waals surface area contributed by atoms with Gasteiger partial charge in [-0.15, -0.1) is 58.5 Å². The molecule has 0 fully saturated rings. The molecule has 0 saturated heterocycles. The smallest absolute Gasteiger partial charge is 0.352 e. The standard InChI is InChI=1S/C46H37BN4.Pt/c1-28-20-22-48-38(24-28)34-16-18-40-36(26-34)47-37-27-35(39-25-29(2)21-23-49-39)17-19-41(37)51(46-32(5)12-8-13-33(46)6)43-15-9-14-42(44(43)47)50(40)45-30(3)10-7-11-31(45)4;/h7-25H,1-6H3;/q-2;+2. The first-order valence-corrected chi connectivity index (χ1v) is 17.6. The number of pyridine rings is 2. The number of aromatic nitrogens is 2. The van der Waals surface area contributed by atoms with E-state index >= 15 is 0 Å². The number of hydrogen-bond acceptors (Lipinski definition) is 4. The van der Waals surface area contributed by atoms with Gasteiger partial charge in [0.05, 0.1) is 0 Å². The molecule has 0 saturated carbocycles. The zero-order valence-corrected chi connectivity index (χ0v) is 32.4. The Morgan fingerprint density at radius 1 is 0.481 bits per heavy atom. The molecule has 0 radical (unpaired) electrons. The summed E-state index contributed by atoms with van der Waals surface area (Å²) in [5.74, 6) is 0. The van der Waals surface area contributed by atoms with Crippen LogP contribution in [0, 0.1) is 53.7 Å². The minimum atomic E-state index is -0.128. The maximum absolute atomic E-state index is 4.80. The van der Waals surface area contributed by atoms with Gasteiger partial charge in [-0.05, 0) is 116 Å². The number of anilines is 6. The van der Waals surface area contributed by atoms with Crippen molar-refractivity contribution in [3.63, 3.8) is 0 Å². The van der Waals surface area contributed by atoms with Gasteiger partial charge in [0.2, 0.25) is 6.71 Å². The minimum absolute atomic E-state index is 0. The maximum atomic E-state index is 4.80. The molecule has 4 nitrogen and oxygen atoms in total. The molecule has 7 aromatic rings. The normalized spacial score (nSPS) is 12.5. The Morgan fingerprint density at radius 3 is 1.29 bits per heavy atom. The number of hydrogen-bond donors (Lipinski definition) is 0. The molecule has 0 unspecified atom stereocenters. The number of benzene rings is 5. The van der Waals surface area contributed by atoms with E-state index in [1.807, 2.05) is 24.5 Å². The molecule has 0 N–H and O–H groups in total. The van der Waals surface area contributed by atoms with Gasteiger partial charge in [-0.25, -0.2) is 0 Å². The van der Waals surface area contributed by atoms with Crippen LogP contribution in [0.25, 0.3) is 22.5 Å². The van der Waals surface area contributed by atoms with Crippen molar-refractivity contribution in [2.24, 2.45) is 0 Å². The monoisotopic (exact) mass is 851 g/mol. The Labute approximate surface area is 321 Å².